The van der Waals surface area contributed by atoms with Gasteiger partial charge in [-0.1, -0.05) is 0 Å². The van der Waals surface area contributed by atoms with Gasteiger partial charge in [0.05, 0.1) is 32.4 Å². The van der Waals surface area contributed by atoms with Gasteiger partial charge in [0.1, 0.15) is 11.5 Å². The minimum atomic E-state index is 0.774. The second-order valence-electron chi connectivity index (χ2n) is 4.18. The molecule has 1 aromatic heterocycles. The van der Waals surface area contributed by atoms with Crippen LogP contribution in [0.4, 0.5) is 0 Å². The summed E-state index contributed by atoms with van der Waals surface area (Å²) in [6.45, 7) is 1.76. The van der Waals surface area contributed by atoms with E-state index in [9.17, 15) is 0 Å². The summed E-state index contributed by atoms with van der Waals surface area (Å²) in [4.78, 5) is 4.22. The number of nitrogens with one attached hydrogen (secondary N) is 1. The van der Waals surface area contributed by atoms with Gasteiger partial charge in [-0.3, -0.25) is 0 Å². The second kappa shape index (κ2) is 6.24. The van der Waals surface area contributed by atoms with Crippen LogP contribution in [-0.4, -0.2) is 37.4 Å². The van der Waals surface area contributed by atoms with Crippen LogP contribution < -0.4 is 14.8 Å². The van der Waals surface area contributed by atoms with Gasteiger partial charge in [-0.25, -0.2) is 4.98 Å². The van der Waals surface area contributed by atoms with E-state index in [1.54, 1.807) is 14.2 Å². The van der Waals surface area contributed by atoms with Crippen LogP contribution >= 0.6 is 0 Å². The van der Waals surface area contributed by atoms with Crippen LogP contribution in [0.3, 0.4) is 0 Å². The summed E-state index contributed by atoms with van der Waals surface area (Å²) >= 11 is 0. The average Bonchev–Trinajstić information content (AvgIpc) is 2.92. The first-order valence-corrected chi connectivity index (χ1v) is 6.16. The Bertz CT molecular complexity index is 515. The fourth-order valence-corrected chi connectivity index (χ4v) is 1.93. The van der Waals surface area contributed by atoms with Crippen LogP contribution in [0.1, 0.15) is 0 Å². The fraction of sp³-hybridized carbons (Fsp3) is 0.357. The smallest absolute Gasteiger partial charge is 0.123 e. The highest BCUT2D eigenvalue weighted by atomic mass is 16.5. The predicted molar refractivity (Wildman–Crippen MR) is 74.7 cm³/mol. The molecular formula is C14H19N3O2. The molecule has 0 unspecified atom stereocenters. The summed E-state index contributed by atoms with van der Waals surface area (Å²) in [5, 5.41) is 3.13. The normalized spacial score (nSPS) is 10.5. The number of likely N-dealkylation sites (N-methyl/N-ethyl adjacent to an activating group) is 1. The zero-order valence-corrected chi connectivity index (χ0v) is 11.5. The first kappa shape index (κ1) is 13.4. The van der Waals surface area contributed by atoms with Gasteiger partial charge in [0.25, 0.3) is 0 Å². The Morgan fingerprint density at radius 3 is 2.42 bits per heavy atom. The van der Waals surface area contributed by atoms with Crippen molar-refractivity contribution in [2.75, 3.05) is 27.8 Å². The number of hydrogen-bond donors (Lipinski definition) is 1. The fourth-order valence-electron chi connectivity index (χ4n) is 1.93. The third-order valence-corrected chi connectivity index (χ3v) is 2.96. The second-order valence-corrected chi connectivity index (χ2v) is 4.18. The average molecular weight is 261 g/mol. The Hall–Kier alpha value is -2.01. The minimum absolute atomic E-state index is 0.774. The van der Waals surface area contributed by atoms with E-state index >= 15 is 0 Å². The molecule has 0 radical (unpaired) electrons. The van der Waals surface area contributed by atoms with Gasteiger partial charge in [-0.2, -0.15) is 0 Å². The van der Waals surface area contributed by atoms with Crippen molar-refractivity contribution in [2.45, 2.75) is 6.54 Å². The minimum Gasteiger partial charge on any atom is -0.497 e. The van der Waals surface area contributed by atoms with Gasteiger partial charge >= 0.3 is 0 Å². The highest BCUT2D eigenvalue weighted by molar-refractivity contribution is 5.63. The topological polar surface area (TPSA) is 48.3 Å². The van der Waals surface area contributed by atoms with Crippen molar-refractivity contribution in [1.29, 1.82) is 0 Å². The van der Waals surface area contributed by atoms with Crippen LogP contribution in [0.15, 0.2) is 30.7 Å². The van der Waals surface area contributed by atoms with Crippen LogP contribution in [-0.2, 0) is 6.54 Å². The Morgan fingerprint density at radius 1 is 1.16 bits per heavy atom. The first-order valence-electron chi connectivity index (χ1n) is 6.16. The number of rotatable bonds is 6. The molecule has 2 rings (SSSR count). The lowest BCUT2D eigenvalue weighted by Gasteiger charge is -2.11. The van der Waals surface area contributed by atoms with Crippen LogP contribution in [0.2, 0.25) is 0 Å². The molecule has 0 atom stereocenters. The van der Waals surface area contributed by atoms with Crippen molar-refractivity contribution in [2.24, 2.45) is 0 Å². The largest absolute Gasteiger partial charge is 0.497 e. The molecule has 0 amide bonds. The van der Waals surface area contributed by atoms with E-state index in [0.717, 1.165) is 35.8 Å². The van der Waals surface area contributed by atoms with E-state index < -0.39 is 0 Å². The molecule has 0 bridgehead atoms. The first-order chi connectivity index (χ1) is 9.28. The number of aromatic nitrogens is 2. The Balaban J connectivity index is 2.37. The molecule has 0 spiro atoms. The van der Waals surface area contributed by atoms with Crippen molar-refractivity contribution in [3.05, 3.63) is 30.7 Å². The molecule has 0 aliphatic carbocycles. The molecule has 0 saturated heterocycles. The lowest BCUT2D eigenvalue weighted by Crippen LogP contribution is -2.14. The van der Waals surface area contributed by atoms with E-state index in [2.05, 4.69) is 14.9 Å². The molecule has 0 saturated carbocycles. The molecule has 0 aliphatic heterocycles. The van der Waals surface area contributed by atoms with Gasteiger partial charge in [-0.15, -0.1) is 0 Å². The number of nitrogens with zero attached hydrogens (tertiary/aromatic N) is 2. The molecule has 5 nitrogen and oxygen atoms in total. The molecule has 102 valence electrons. The molecule has 2 aromatic rings. The van der Waals surface area contributed by atoms with E-state index in [4.69, 9.17) is 9.47 Å². The molecule has 19 heavy (non-hydrogen) atoms. The maximum absolute atomic E-state index is 5.29. The molecule has 1 heterocycles. The van der Waals surface area contributed by atoms with Crippen molar-refractivity contribution in [1.82, 2.24) is 14.9 Å². The summed E-state index contributed by atoms with van der Waals surface area (Å²) in [6, 6.07) is 5.82. The Morgan fingerprint density at radius 2 is 1.84 bits per heavy atom. The third-order valence-electron chi connectivity index (χ3n) is 2.96. The summed E-state index contributed by atoms with van der Waals surface area (Å²) in [5.41, 5.74) is 2.08. The SMILES string of the molecule is CNCCn1cncc1-c1cc(OC)cc(OC)c1. The van der Waals surface area contributed by atoms with Crippen molar-refractivity contribution < 1.29 is 9.47 Å². The number of methoxy groups -OCH3 is 2. The van der Waals surface area contributed by atoms with Gasteiger partial charge < -0.3 is 19.4 Å². The lowest BCUT2D eigenvalue weighted by molar-refractivity contribution is 0.394. The molecule has 5 heteroatoms. The van der Waals surface area contributed by atoms with Crippen LogP contribution in [0.5, 0.6) is 11.5 Å². The maximum atomic E-state index is 5.29. The molecule has 1 aromatic carbocycles. The summed E-state index contributed by atoms with van der Waals surface area (Å²) in [6.07, 6.45) is 3.68. The van der Waals surface area contributed by atoms with E-state index in [1.165, 1.54) is 0 Å². The molecule has 1 N–H and O–H groups in total. The highest BCUT2D eigenvalue weighted by Crippen LogP contribution is 2.29. The van der Waals surface area contributed by atoms with Crippen LogP contribution in [0, 0.1) is 0 Å². The molecule has 0 aliphatic rings. The van der Waals surface area contributed by atoms with Gasteiger partial charge in [0.2, 0.25) is 0 Å². The molecular weight excluding hydrogens is 242 g/mol. The number of imidazole rings is 1. The summed E-state index contributed by atoms with van der Waals surface area (Å²) in [5.74, 6) is 1.55. The van der Waals surface area contributed by atoms with E-state index in [-0.39, 0.29) is 0 Å². The standard InChI is InChI=1S/C14H19N3O2/c1-15-4-5-17-10-16-9-14(17)11-6-12(18-2)8-13(7-11)19-3/h6-10,15H,4-5H2,1-3H3. The van der Waals surface area contributed by atoms with Gasteiger partial charge in [-0.05, 0) is 19.2 Å². The van der Waals surface area contributed by atoms with E-state index in [0.29, 0.717) is 0 Å². The summed E-state index contributed by atoms with van der Waals surface area (Å²) in [7, 11) is 5.24. The van der Waals surface area contributed by atoms with Crippen molar-refractivity contribution in [3.63, 3.8) is 0 Å². The lowest BCUT2D eigenvalue weighted by atomic mass is 10.1. The number of ether oxygens (including phenoxy) is 2. The monoisotopic (exact) mass is 261 g/mol. The maximum Gasteiger partial charge on any atom is 0.123 e. The van der Waals surface area contributed by atoms with Crippen molar-refractivity contribution >= 4 is 0 Å². The zero-order chi connectivity index (χ0) is 13.7. The summed E-state index contributed by atoms with van der Waals surface area (Å²) < 4.78 is 12.7. The van der Waals surface area contributed by atoms with Crippen molar-refractivity contribution in [3.8, 4) is 22.8 Å². The quantitative estimate of drug-likeness (QED) is 0.861. The number of hydrogen-bond acceptors (Lipinski definition) is 4. The van der Waals surface area contributed by atoms with Gasteiger partial charge in [0.15, 0.2) is 0 Å². The Kier molecular flexibility index (Phi) is 4.41. The Labute approximate surface area is 113 Å². The van der Waals surface area contributed by atoms with E-state index in [1.807, 2.05) is 37.8 Å². The van der Waals surface area contributed by atoms with Crippen LogP contribution in [0.25, 0.3) is 11.3 Å². The zero-order valence-electron chi connectivity index (χ0n) is 11.5. The third kappa shape index (κ3) is 3.06. The highest BCUT2D eigenvalue weighted by Gasteiger charge is 2.08. The predicted octanol–water partition coefficient (Wildman–Crippen LogP) is 1.79. The molecule has 0 fully saturated rings. The number of benzene rings is 1. The van der Waals surface area contributed by atoms with Gasteiger partial charge in [0, 0.05) is 24.7 Å².